The lowest BCUT2D eigenvalue weighted by molar-refractivity contribution is 0.00578. The Bertz CT molecular complexity index is 623. The fourth-order valence-electron chi connectivity index (χ4n) is 2.17. The first-order valence-electron chi connectivity index (χ1n) is 6.29. The Hall–Kier alpha value is -1.40. The first kappa shape index (κ1) is 12.6. The van der Waals surface area contributed by atoms with Gasteiger partial charge in [0.1, 0.15) is 11.3 Å². The van der Waals surface area contributed by atoms with E-state index in [0.29, 0.717) is 11.0 Å². The summed E-state index contributed by atoms with van der Waals surface area (Å²) in [6.07, 6.45) is 3.30. The molecule has 0 N–H and O–H groups in total. The van der Waals surface area contributed by atoms with E-state index in [1.54, 1.807) is 18.5 Å². The van der Waals surface area contributed by atoms with Crippen LogP contribution in [0.3, 0.4) is 0 Å². The highest BCUT2D eigenvalue weighted by Crippen LogP contribution is 2.36. The number of hydrogen-bond donors (Lipinski definition) is 0. The Morgan fingerprint density at radius 3 is 2.47 bits per heavy atom. The Kier molecular flexibility index (Phi) is 2.53. The number of rotatable bonds is 1. The number of fused-ring (bicyclic) bond motifs is 1. The summed E-state index contributed by atoms with van der Waals surface area (Å²) in [6.45, 7) is 7.87. The summed E-state index contributed by atoms with van der Waals surface area (Å²) in [5.41, 5.74) is 0.131. The van der Waals surface area contributed by atoms with Gasteiger partial charge in [0.2, 0.25) is 0 Å². The Morgan fingerprint density at radius 1 is 1.21 bits per heavy atom. The van der Waals surface area contributed by atoms with E-state index in [-0.39, 0.29) is 5.82 Å². The van der Waals surface area contributed by atoms with Crippen molar-refractivity contribution in [3.05, 3.63) is 30.3 Å². The van der Waals surface area contributed by atoms with Crippen LogP contribution < -0.4 is 5.46 Å². The monoisotopic (exact) mass is 262 g/mol. The van der Waals surface area contributed by atoms with E-state index < -0.39 is 18.3 Å². The average molecular weight is 262 g/mol. The standard InChI is InChI=1S/C13H16BFN2O2/c1-12(2)13(3,4)19-14(18-12)9-8-16-17-7-5-6-10(15)11(9)17/h5-8H,1-4H3. The van der Waals surface area contributed by atoms with E-state index in [1.165, 1.54) is 10.6 Å². The maximum absolute atomic E-state index is 13.9. The van der Waals surface area contributed by atoms with E-state index in [9.17, 15) is 4.39 Å². The van der Waals surface area contributed by atoms with Crippen molar-refractivity contribution in [2.75, 3.05) is 0 Å². The molecule has 0 bridgehead atoms. The van der Waals surface area contributed by atoms with Crippen molar-refractivity contribution in [2.24, 2.45) is 0 Å². The van der Waals surface area contributed by atoms with Crippen molar-refractivity contribution in [1.82, 2.24) is 9.61 Å². The molecule has 0 aliphatic carbocycles. The molecule has 0 spiro atoms. The first-order valence-corrected chi connectivity index (χ1v) is 6.29. The summed E-state index contributed by atoms with van der Waals surface area (Å²) >= 11 is 0. The molecule has 0 amide bonds. The van der Waals surface area contributed by atoms with Crippen molar-refractivity contribution in [3.63, 3.8) is 0 Å². The molecule has 4 nitrogen and oxygen atoms in total. The number of pyridine rings is 1. The van der Waals surface area contributed by atoms with Crippen LogP contribution in [-0.2, 0) is 9.31 Å². The lowest BCUT2D eigenvalue weighted by atomic mass is 9.80. The van der Waals surface area contributed by atoms with Crippen molar-refractivity contribution in [1.29, 1.82) is 0 Å². The lowest BCUT2D eigenvalue weighted by Gasteiger charge is -2.32. The molecule has 1 aliphatic heterocycles. The van der Waals surface area contributed by atoms with Gasteiger partial charge >= 0.3 is 7.12 Å². The van der Waals surface area contributed by atoms with E-state index in [4.69, 9.17) is 9.31 Å². The SMILES string of the molecule is CC1(C)OB(c2cnn3cccc(F)c23)OC1(C)C. The molecule has 3 heterocycles. The first-order chi connectivity index (χ1) is 8.82. The number of halogens is 1. The second kappa shape index (κ2) is 3.80. The van der Waals surface area contributed by atoms with Gasteiger partial charge in [-0.15, -0.1) is 0 Å². The fourth-order valence-corrected chi connectivity index (χ4v) is 2.17. The summed E-state index contributed by atoms with van der Waals surface area (Å²) in [4.78, 5) is 0. The molecule has 2 aromatic rings. The summed E-state index contributed by atoms with van der Waals surface area (Å²) < 4.78 is 27.3. The van der Waals surface area contributed by atoms with Crippen LogP contribution in [0.4, 0.5) is 4.39 Å². The van der Waals surface area contributed by atoms with E-state index in [1.807, 2.05) is 27.7 Å². The molecule has 2 aromatic heterocycles. The molecule has 0 saturated carbocycles. The van der Waals surface area contributed by atoms with Gasteiger partial charge in [0, 0.05) is 17.9 Å². The summed E-state index contributed by atoms with van der Waals surface area (Å²) in [5.74, 6) is -0.329. The van der Waals surface area contributed by atoms with Crippen molar-refractivity contribution < 1.29 is 13.7 Å². The van der Waals surface area contributed by atoms with Gasteiger partial charge in [-0.05, 0) is 39.8 Å². The van der Waals surface area contributed by atoms with E-state index in [0.717, 1.165) is 0 Å². The van der Waals surface area contributed by atoms with Crippen LogP contribution in [0.2, 0.25) is 0 Å². The fraction of sp³-hybridized carbons (Fsp3) is 0.462. The third-order valence-corrected chi connectivity index (χ3v) is 4.03. The highest BCUT2D eigenvalue weighted by atomic mass is 19.1. The lowest BCUT2D eigenvalue weighted by Crippen LogP contribution is -2.41. The summed E-state index contributed by atoms with van der Waals surface area (Å²) in [6, 6.07) is 3.02. The molecule has 3 rings (SSSR count). The van der Waals surface area contributed by atoms with Crippen LogP contribution in [-0.4, -0.2) is 27.9 Å². The van der Waals surface area contributed by atoms with Crippen LogP contribution >= 0.6 is 0 Å². The Morgan fingerprint density at radius 2 is 1.84 bits per heavy atom. The smallest absolute Gasteiger partial charge is 0.399 e. The minimum absolute atomic E-state index is 0.329. The van der Waals surface area contributed by atoms with Crippen molar-refractivity contribution in [3.8, 4) is 0 Å². The number of hydrogen-bond acceptors (Lipinski definition) is 3. The molecule has 0 radical (unpaired) electrons. The summed E-state index contributed by atoms with van der Waals surface area (Å²) in [7, 11) is -0.598. The zero-order valence-electron chi connectivity index (χ0n) is 11.5. The van der Waals surface area contributed by atoms with Gasteiger partial charge in [0.05, 0.1) is 11.2 Å². The molecule has 0 unspecified atom stereocenters. The Labute approximate surface area is 111 Å². The van der Waals surface area contributed by atoms with Crippen molar-refractivity contribution in [2.45, 2.75) is 38.9 Å². The van der Waals surface area contributed by atoms with Gasteiger partial charge in [-0.3, -0.25) is 0 Å². The minimum atomic E-state index is -0.598. The van der Waals surface area contributed by atoms with Gasteiger partial charge < -0.3 is 9.31 Å². The zero-order valence-corrected chi connectivity index (χ0v) is 11.5. The molecule has 100 valence electrons. The van der Waals surface area contributed by atoms with Gasteiger partial charge in [0.25, 0.3) is 0 Å². The van der Waals surface area contributed by atoms with Crippen LogP contribution in [0, 0.1) is 5.82 Å². The maximum atomic E-state index is 13.9. The van der Waals surface area contributed by atoms with Gasteiger partial charge in [0.15, 0.2) is 0 Å². The molecule has 1 fully saturated rings. The Balaban J connectivity index is 2.08. The van der Waals surface area contributed by atoms with Crippen molar-refractivity contribution >= 4 is 18.1 Å². The summed E-state index contributed by atoms with van der Waals surface area (Å²) in [5, 5.41) is 4.14. The third kappa shape index (κ3) is 1.78. The molecule has 19 heavy (non-hydrogen) atoms. The van der Waals surface area contributed by atoms with E-state index >= 15 is 0 Å². The zero-order chi connectivity index (χ0) is 13.8. The highest BCUT2D eigenvalue weighted by molar-refractivity contribution is 6.64. The molecule has 0 atom stereocenters. The highest BCUT2D eigenvalue weighted by Gasteiger charge is 2.52. The van der Waals surface area contributed by atoms with Gasteiger partial charge in [-0.25, -0.2) is 8.91 Å². The molecular formula is C13H16BFN2O2. The van der Waals surface area contributed by atoms with Gasteiger partial charge in [-0.2, -0.15) is 5.10 Å². The third-order valence-electron chi connectivity index (χ3n) is 4.03. The normalized spacial score (nSPS) is 21.2. The number of aromatic nitrogens is 2. The van der Waals surface area contributed by atoms with Crippen LogP contribution in [0.1, 0.15) is 27.7 Å². The van der Waals surface area contributed by atoms with E-state index in [2.05, 4.69) is 5.10 Å². The predicted octanol–water partition coefficient (Wildman–Crippen LogP) is 1.77. The second-order valence-electron chi connectivity index (χ2n) is 5.84. The predicted molar refractivity (Wildman–Crippen MR) is 70.9 cm³/mol. The molecule has 1 aliphatic rings. The molecule has 6 heteroatoms. The largest absolute Gasteiger partial charge is 0.498 e. The molecular weight excluding hydrogens is 246 g/mol. The molecule has 1 saturated heterocycles. The second-order valence-corrected chi connectivity index (χ2v) is 5.84. The van der Waals surface area contributed by atoms with Gasteiger partial charge in [-0.1, -0.05) is 0 Å². The minimum Gasteiger partial charge on any atom is -0.399 e. The maximum Gasteiger partial charge on any atom is 0.498 e. The van der Waals surface area contributed by atoms with Crippen LogP contribution in [0.25, 0.3) is 5.52 Å². The average Bonchev–Trinajstić information content (AvgIpc) is 2.80. The quantitative estimate of drug-likeness (QED) is 0.735. The van der Waals surface area contributed by atoms with Crippen LogP contribution in [0.15, 0.2) is 24.5 Å². The topological polar surface area (TPSA) is 35.8 Å². The molecule has 0 aromatic carbocycles. The van der Waals surface area contributed by atoms with Crippen LogP contribution in [0.5, 0.6) is 0 Å². The number of nitrogens with zero attached hydrogens (tertiary/aromatic N) is 2.